The summed E-state index contributed by atoms with van der Waals surface area (Å²) in [6.45, 7) is 8.88. The Morgan fingerprint density at radius 2 is 2.05 bits per heavy atom. The summed E-state index contributed by atoms with van der Waals surface area (Å²) in [4.78, 5) is 12.6. The predicted octanol–water partition coefficient (Wildman–Crippen LogP) is 2.49. The van der Waals surface area contributed by atoms with Crippen molar-refractivity contribution in [2.45, 2.75) is 59.5 Å². The molecule has 2 rings (SSSR count). The Labute approximate surface area is 116 Å². The lowest BCUT2D eigenvalue weighted by Gasteiger charge is -2.23. The van der Waals surface area contributed by atoms with Gasteiger partial charge in [-0.05, 0) is 49.8 Å². The van der Waals surface area contributed by atoms with E-state index in [-0.39, 0.29) is 5.56 Å². The van der Waals surface area contributed by atoms with Crippen LogP contribution in [0, 0.1) is 5.92 Å². The maximum absolute atomic E-state index is 12.6. The van der Waals surface area contributed by atoms with Gasteiger partial charge in [-0.3, -0.25) is 4.79 Å². The first-order valence-electron chi connectivity index (χ1n) is 7.58. The standard InChI is InChI=1S/C16H26N2O/c1-4-17-10-14-9-13-7-5-6-8-15(13)18(16(14)19)11-12(2)3/h9,12,17H,4-8,10-11H2,1-3H3. The lowest BCUT2D eigenvalue weighted by Crippen LogP contribution is -2.33. The van der Waals surface area contributed by atoms with Crippen LogP contribution in [0.3, 0.4) is 0 Å². The van der Waals surface area contributed by atoms with Crippen molar-refractivity contribution < 1.29 is 0 Å². The molecule has 1 aliphatic carbocycles. The van der Waals surface area contributed by atoms with E-state index in [1.54, 1.807) is 0 Å². The van der Waals surface area contributed by atoms with Gasteiger partial charge in [0.2, 0.25) is 0 Å². The average Bonchev–Trinajstić information content (AvgIpc) is 2.40. The Balaban J connectivity index is 2.44. The topological polar surface area (TPSA) is 34.0 Å². The number of rotatable bonds is 5. The number of pyridine rings is 1. The molecule has 1 aromatic rings. The van der Waals surface area contributed by atoms with Crippen LogP contribution in [0.5, 0.6) is 0 Å². The number of hydrogen-bond acceptors (Lipinski definition) is 2. The smallest absolute Gasteiger partial charge is 0.255 e. The molecule has 0 atom stereocenters. The van der Waals surface area contributed by atoms with Crippen LogP contribution in [-0.4, -0.2) is 11.1 Å². The van der Waals surface area contributed by atoms with Gasteiger partial charge in [-0.2, -0.15) is 0 Å². The van der Waals surface area contributed by atoms with Gasteiger partial charge in [0.15, 0.2) is 0 Å². The zero-order chi connectivity index (χ0) is 13.8. The zero-order valence-electron chi connectivity index (χ0n) is 12.5. The molecule has 0 saturated carbocycles. The summed E-state index contributed by atoms with van der Waals surface area (Å²) in [6.07, 6.45) is 4.68. The quantitative estimate of drug-likeness (QED) is 0.884. The molecule has 0 radical (unpaired) electrons. The van der Waals surface area contributed by atoms with E-state index in [1.807, 2.05) is 4.57 Å². The van der Waals surface area contributed by atoms with Gasteiger partial charge in [0.05, 0.1) is 0 Å². The molecule has 1 aliphatic rings. The van der Waals surface area contributed by atoms with E-state index in [0.717, 1.165) is 31.5 Å². The van der Waals surface area contributed by atoms with Crippen molar-refractivity contribution in [2.24, 2.45) is 5.92 Å². The molecule has 0 fully saturated rings. The first-order valence-corrected chi connectivity index (χ1v) is 7.58. The van der Waals surface area contributed by atoms with Crippen molar-refractivity contribution in [1.82, 2.24) is 9.88 Å². The van der Waals surface area contributed by atoms with Gasteiger partial charge in [-0.1, -0.05) is 20.8 Å². The molecule has 0 aromatic carbocycles. The third-order valence-electron chi connectivity index (χ3n) is 3.79. The summed E-state index contributed by atoms with van der Waals surface area (Å²) in [7, 11) is 0. The summed E-state index contributed by atoms with van der Waals surface area (Å²) in [5.74, 6) is 0.512. The lowest BCUT2D eigenvalue weighted by atomic mass is 9.94. The van der Waals surface area contributed by atoms with E-state index in [4.69, 9.17) is 0 Å². The number of nitrogens with one attached hydrogen (secondary N) is 1. The van der Waals surface area contributed by atoms with Crippen molar-refractivity contribution in [3.63, 3.8) is 0 Å². The second-order valence-electron chi connectivity index (χ2n) is 5.94. The van der Waals surface area contributed by atoms with E-state index in [1.165, 1.54) is 24.1 Å². The highest BCUT2D eigenvalue weighted by molar-refractivity contribution is 5.29. The molecule has 106 valence electrons. The third-order valence-corrected chi connectivity index (χ3v) is 3.79. The van der Waals surface area contributed by atoms with Crippen molar-refractivity contribution in [2.75, 3.05) is 6.54 Å². The molecule has 0 amide bonds. The van der Waals surface area contributed by atoms with Crippen LogP contribution in [0.2, 0.25) is 0 Å². The summed E-state index contributed by atoms with van der Waals surface area (Å²) >= 11 is 0. The molecule has 0 saturated heterocycles. The van der Waals surface area contributed by atoms with Gasteiger partial charge in [0, 0.05) is 24.3 Å². The molecule has 3 nitrogen and oxygen atoms in total. The first-order chi connectivity index (χ1) is 9.13. The highest BCUT2D eigenvalue weighted by atomic mass is 16.1. The normalized spacial score (nSPS) is 14.7. The Morgan fingerprint density at radius 3 is 2.74 bits per heavy atom. The van der Waals surface area contributed by atoms with Gasteiger partial charge in [0.1, 0.15) is 0 Å². The van der Waals surface area contributed by atoms with Crippen LogP contribution < -0.4 is 10.9 Å². The molecule has 0 aliphatic heterocycles. The Hall–Kier alpha value is -1.09. The van der Waals surface area contributed by atoms with Crippen molar-refractivity contribution in [1.29, 1.82) is 0 Å². The lowest BCUT2D eigenvalue weighted by molar-refractivity contribution is 0.476. The molecule has 1 aromatic heterocycles. The fourth-order valence-electron chi connectivity index (χ4n) is 2.89. The van der Waals surface area contributed by atoms with Gasteiger partial charge >= 0.3 is 0 Å². The molecule has 19 heavy (non-hydrogen) atoms. The number of hydrogen-bond donors (Lipinski definition) is 1. The van der Waals surface area contributed by atoms with E-state index >= 15 is 0 Å². The number of nitrogens with zero attached hydrogens (tertiary/aromatic N) is 1. The Bertz CT molecular complexity index is 488. The largest absolute Gasteiger partial charge is 0.313 e. The fourth-order valence-corrected chi connectivity index (χ4v) is 2.89. The molecule has 0 spiro atoms. The molecule has 3 heteroatoms. The number of aryl methyl sites for hydroxylation is 1. The van der Waals surface area contributed by atoms with E-state index < -0.39 is 0 Å². The molecular weight excluding hydrogens is 236 g/mol. The van der Waals surface area contributed by atoms with Gasteiger partial charge in [0.25, 0.3) is 5.56 Å². The highest BCUT2D eigenvalue weighted by Gasteiger charge is 2.17. The van der Waals surface area contributed by atoms with Crippen molar-refractivity contribution in [3.8, 4) is 0 Å². The third kappa shape index (κ3) is 3.27. The van der Waals surface area contributed by atoms with Crippen LogP contribution in [-0.2, 0) is 25.9 Å². The van der Waals surface area contributed by atoms with E-state index in [2.05, 4.69) is 32.2 Å². The van der Waals surface area contributed by atoms with Crippen LogP contribution in [0.4, 0.5) is 0 Å². The maximum Gasteiger partial charge on any atom is 0.255 e. The van der Waals surface area contributed by atoms with Gasteiger partial charge in [-0.25, -0.2) is 0 Å². The van der Waals surface area contributed by atoms with Gasteiger partial charge < -0.3 is 9.88 Å². The second-order valence-corrected chi connectivity index (χ2v) is 5.94. The minimum atomic E-state index is 0.218. The maximum atomic E-state index is 12.6. The molecule has 1 N–H and O–H groups in total. The highest BCUT2D eigenvalue weighted by Crippen LogP contribution is 2.21. The monoisotopic (exact) mass is 262 g/mol. The Kier molecular flexibility index (Phi) is 4.81. The van der Waals surface area contributed by atoms with Crippen LogP contribution in [0.25, 0.3) is 0 Å². The van der Waals surface area contributed by atoms with Crippen molar-refractivity contribution in [3.05, 3.63) is 33.2 Å². The summed E-state index contributed by atoms with van der Waals surface area (Å²) in [6, 6.07) is 2.15. The average molecular weight is 262 g/mol. The summed E-state index contributed by atoms with van der Waals surface area (Å²) in [5, 5.41) is 3.28. The first kappa shape index (κ1) is 14.3. The van der Waals surface area contributed by atoms with Crippen LogP contribution >= 0.6 is 0 Å². The number of fused-ring (bicyclic) bond motifs is 1. The second kappa shape index (κ2) is 6.38. The van der Waals surface area contributed by atoms with Gasteiger partial charge in [-0.15, -0.1) is 0 Å². The fraction of sp³-hybridized carbons (Fsp3) is 0.688. The van der Waals surface area contributed by atoms with Crippen LogP contribution in [0.1, 0.15) is 50.4 Å². The Morgan fingerprint density at radius 1 is 1.32 bits per heavy atom. The van der Waals surface area contributed by atoms with Crippen LogP contribution in [0.15, 0.2) is 10.9 Å². The minimum Gasteiger partial charge on any atom is -0.313 e. The molecule has 0 bridgehead atoms. The molecule has 1 heterocycles. The summed E-state index contributed by atoms with van der Waals surface area (Å²) < 4.78 is 2.05. The summed E-state index contributed by atoms with van der Waals surface area (Å²) in [5.41, 5.74) is 3.85. The predicted molar refractivity (Wildman–Crippen MR) is 79.6 cm³/mol. The number of aromatic nitrogens is 1. The SMILES string of the molecule is CCNCc1cc2c(n(CC(C)C)c1=O)CCCC2. The molecular formula is C16H26N2O. The minimum absolute atomic E-state index is 0.218. The molecule has 0 unspecified atom stereocenters. The van der Waals surface area contributed by atoms with E-state index in [9.17, 15) is 4.79 Å². The van der Waals surface area contributed by atoms with E-state index in [0.29, 0.717) is 12.5 Å². The zero-order valence-corrected chi connectivity index (χ0v) is 12.5. The van der Waals surface area contributed by atoms with Crippen molar-refractivity contribution >= 4 is 0 Å².